The third-order valence-electron chi connectivity index (χ3n) is 4.77. The van der Waals surface area contributed by atoms with Gasteiger partial charge in [0, 0.05) is 17.4 Å². The van der Waals surface area contributed by atoms with Gasteiger partial charge in [0.05, 0.1) is 17.3 Å². The van der Waals surface area contributed by atoms with Crippen LogP contribution in [0.15, 0.2) is 53.3 Å². The van der Waals surface area contributed by atoms with E-state index in [9.17, 15) is 4.79 Å². The number of nitrogens with one attached hydrogen (secondary N) is 1. The monoisotopic (exact) mass is 360 g/mol. The Bertz CT molecular complexity index is 1130. The van der Waals surface area contributed by atoms with Crippen LogP contribution in [0.4, 0.5) is 5.69 Å². The van der Waals surface area contributed by atoms with Gasteiger partial charge in [-0.05, 0) is 56.2 Å². The number of rotatable bonds is 4. The van der Waals surface area contributed by atoms with Gasteiger partial charge in [-0.1, -0.05) is 12.1 Å². The zero-order chi connectivity index (χ0) is 19.0. The summed E-state index contributed by atoms with van der Waals surface area (Å²) in [4.78, 5) is 17.0. The fourth-order valence-electron chi connectivity index (χ4n) is 3.24. The van der Waals surface area contributed by atoms with Gasteiger partial charge in [0.2, 0.25) is 5.91 Å². The lowest BCUT2D eigenvalue weighted by molar-refractivity contribution is -0.116. The Hall–Kier alpha value is -3.41. The van der Waals surface area contributed by atoms with E-state index in [2.05, 4.69) is 15.4 Å². The lowest BCUT2D eigenvalue weighted by Gasteiger charge is -2.10. The zero-order valence-corrected chi connectivity index (χ0v) is 15.5. The van der Waals surface area contributed by atoms with Gasteiger partial charge >= 0.3 is 0 Å². The molecule has 1 aromatic carbocycles. The Morgan fingerprint density at radius 3 is 2.78 bits per heavy atom. The Balaban J connectivity index is 1.66. The maximum absolute atomic E-state index is 12.6. The summed E-state index contributed by atoms with van der Waals surface area (Å²) in [5.41, 5.74) is 5.41. The number of aryl methyl sites for hydroxylation is 2. The third-order valence-corrected chi connectivity index (χ3v) is 4.77. The molecule has 0 saturated heterocycles. The first kappa shape index (κ1) is 17.0. The van der Waals surface area contributed by atoms with Crippen LogP contribution in [0.2, 0.25) is 0 Å². The summed E-state index contributed by atoms with van der Waals surface area (Å²) in [5.74, 6) is 0.614. The van der Waals surface area contributed by atoms with Crippen molar-refractivity contribution in [3.8, 4) is 11.3 Å². The number of aromatic nitrogens is 3. The van der Waals surface area contributed by atoms with E-state index in [0.29, 0.717) is 5.65 Å². The fraction of sp³-hybridized carbons (Fsp3) is 0.190. The van der Waals surface area contributed by atoms with E-state index in [-0.39, 0.29) is 12.5 Å². The van der Waals surface area contributed by atoms with Crippen LogP contribution in [-0.2, 0) is 11.3 Å². The number of hydrogen-bond donors (Lipinski definition) is 1. The van der Waals surface area contributed by atoms with Crippen LogP contribution in [0.5, 0.6) is 0 Å². The average Bonchev–Trinajstić information content (AvgIpc) is 3.28. The molecule has 0 atom stereocenters. The number of benzene rings is 1. The second-order valence-electron chi connectivity index (χ2n) is 6.57. The standard InChI is InChI=1S/C21H20N4O2/c1-13-6-4-7-17(14(13)2)23-19(26)12-25-21-20(15(3)24-25)16(9-10-22-21)18-8-5-11-27-18/h4-11H,12H2,1-3H3,(H,23,26). The fourth-order valence-corrected chi connectivity index (χ4v) is 3.24. The summed E-state index contributed by atoms with van der Waals surface area (Å²) in [5, 5.41) is 8.40. The van der Waals surface area contributed by atoms with Gasteiger partial charge in [0.15, 0.2) is 5.65 Å². The molecule has 3 aromatic heterocycles. The Morgan fingerprint density at radius 1 is 1.15 bits per heavy atom. The number of amides is 1. The van der Waals surface area contributed by atoms with E-state index >= 15 is 0 Å². The van der Waals surface area contributed by atoms with Gasteiger partial charge in [-0.3, -0.25) is 4.79 Å². The first-order valence-corrected chi connectivity index (χ1v) is 8.76. The van der Waals surface area contributed by atoms with Gasteiger partial charge in [-0.15, -0.1) is 0 Å². The zero-order valence-electron chi connectivity index (χ0n) is 15.5. The number of furan rings is 1. The van der Waals surface area contributed by atoms with Crippen LogP contribution in [0.3, 0.4) is 0 Å². The number of carbonyl (C=O) groups excluding carboxylic acids is 1. The molecule has 0 aliphatic heterocycles. The molecule has 0 aliphatic carbocycles. The first-order chi connectivity index (χ1) is 13.0. The van der Waals surface area contributed by atoms with Gasteiger partial charge in [0.1, 0.15) is 12.3 Å². The highest BCUT2D eigenvalue weighted by atomic mass is 16.3. The first-order valence-electron chi connectivity index (χ1n) is 8.76. The van der Waals surface area contributed by atoms with Crippen molar-refractivity contribution < 1.29 is 9.21 Å². The molecule has 0 saturated carbocycles. The van der Waals surface area contributed by atoms with Crippen molar-refractivity contribution in [3.05, 3.63) is 65.7 Å². The molecule has 1 N–H and O–H groups in total. The summed E-state index contributed by atoms with van der Waals surface area (Å²) in [6.07, 6.45) is 3.35. The molecule has 0 aliphatic rings. The van der Waals surface area contributed by atoms with E-state index in [1.165, 1.54) is 0 Å². The molecule has 0 spiro atoms. The van der Waals surface area contributed by atoms with Crippen LogP contribution in [0.1, 0.15) is 16.8 Å². The predicted molar refractivity (Wildman–Crippen MR) is 105 cm³/mol. The lowest BCUT2D eigenvalue weighted by Crippen LogP contribution is -2.20. The number of anilines is 1. The van der Waals surface area contributed by atoms with Crippen molar-refractivity contribution in [3.63, 3.8) is 0 Å². The molecule has 4 aromatic rings. The van der Waals surface area contributed by atoms with Crippen molar-refractivity contribution in [1.82, 2.24) is 14.8 Å². The molecular formula is C21H20N4O2. The van der Waals surface area contributed by atoms with E-state index < -0.39 is 0 Å². The summed E-state index contributed by atoms with van der Waals surface area (Å²) >= 11 is 0. The largest absolute Gasteiger partial charge is 0.464 e. The highest BCUT2D eigenvalue weighted by Gasteiger charge is 2.17. The second-order valence-corrected chi connectivity index (χ2v) is 6.57. The molecule has 6 heteroatoms. The average molecular weight is 360 g/mol. The topological polar surface area (TPSA) is 73.0 Å². The highest BCUT2D eigenvalue weighted by molar-refractivity contribution is 5.95. The quantitative estimate of drug-likeness (QED) is 0.590. The molecule has 3 heterocycles. The molecule has 4 rings (SSSR count). The minimum absolute atomic E-state index is 0.0896. The molecule has 6 nitrogen and oxygen atoms in total. The van der Waals surface area contributed by atoms with Crippen LogP contribution >= 0.6 is 0 Å². The van der Waals surface area contributed by atoms with Gasteiger partial charge < -0.3 is 9.73 Å². The predicted octanol–water partition coefficient (Wildman–Crippen LogP) is 4.26. The number of carbonyl (C=O) groups is 1. The van der Waals surface area contributed by atoms with Crippen molar-refractivity contribution >= 4 is 22.6 Å². The third kappa shape index (κ3) is 3.10. The second kappa shape index (κ2) is 6.72. The molecule has 1 amide bonds. The molecule has 0 bridgehead atoms. The summed E-state index contributed by atoms with van der Waals surface area (Å²) < 4.78 is 7.17. The number of nitrogens with zero attached hydrogens (tertiary/aromatic N) is 3. The highest BCUT2D eigenvalue weighted by Crippen LogP contribution is 2.30. The van der Waals surface area contributed by atoms with Crippen molar-refractivity contribution in [2.24, 2.45) is 0 Å². The van der Waals surface area contributed by atoms with Crippen LogP contribution < -0.4 is 5.32 Å². The van der Waals surface area contributed by atoms with Crippen LogP contribution in [0, 0.1) is 20.8 Å². The van der Waals surface area contributed by atoms with E-state index in [0.717, 1.165) is 39.2 Å². The molecule has 136 valence electrons. The minimum atomic E-state index is -0.140. The number of hydrogen-bond acceptors (Lipinski definition) is 4. The van der Waals surface area contributed by atoms with Crippen molar-refractivity contribution in [2.75, 3.05) is 5.32 Å². The minimum Gasteiger partial charge on any atom is -0.464 e. The van der Waals surface area contributed by atoms with Crippen LogP contribution in [0.25, 0.3) is 22.4 Å². The number of fused-ring (bicyclic) bond motifs is 1. The maximum Gasteiger partial charge on any atom is 0.246 e. The normalized spacial score (nSPS) is 11.1. The molecule has 0 unspecified atom stereocenters. The summed E-state index contributed by atoms with van der Waals surface area (Å²) in [6.45, 7) is 6.02. The SMILES string of the molecule is Cc1cccc(NC(=O)Cn2nc(C)c3c(-c4ccco4)ccnc32)c1C. The molecule has 0 radical (unpaired) electrons. The molecular weight excluding hydrogens is 340 g/mol. The van der Waals surface area contributed by atoms with Crippen LogP contribution in [-0.4, -0.2) is 20.7 Å². The number of pyridine rings is 1. The molecule has 0 fully saturated rings. The Labute approximate surface area is 156 Å². The summed E-state index contributed by atoms with van der Waals surface area (Å²) in [7, 11) is 0. The van der Waals surface area contributed by atoms with E-state index in [1.807, 2.05) is 57.2 Å². The maximum atomic E-state index is 12.6. The molecule has 27 heavy (non-hydrogen) atoms. The van der Waals surface area contributed by atoms with Gasteiger partial charge in [-0.2, -0.15) is 5.10 Å². The van der Waals surface area contributed by atoms with Gasteiger partial charge in [-0.25, -0.2) is 9.67 Å². The van der Waals surface area contributed by atoms with E-state index in [1.54, 1.807) is 17.1 Å². The van der Waals surface area contributed by atoms with Crippen molar-refractivity contribution in [1.29, 1.82) is 0 Å². The summed E-state index contributed by atoms with van der Waals surface area (Å²) in [6, 6.07) is 11.5. The van der Waals surface area contributed by atoms with E-state index in [4.69, 9.17) is 4.42 Å². The lowest BCUT2D eigenvalue weighted by atomic mass is 10.1. The smallest absolute Gasteiger partial charge is 0.246 e. The Morgan fingerprint density at radius 2 is 2.00 bits per heavy atom. The Kier molecular flexibility index (Phi) is 4.24. The van der Waals surface area contributed by atoms with Gasteiger partial charge in [0.25, 0.3) is 0 Å². The van der Waals surface area contributed by atoms with Crippen molar-refractivity contribution in [2.45, 2.75) is 27.3 Å².